The summed E-state index contributed by atoms with van der Waals surface area (Å²) in [6.45, 7) is 8.25. The molecule has 3 nitrogen and oxygen atoms in total. The van der Waals surface area contributed by atoms with E-state index in [1.54, 1.807) is 0 Å². The average molecular weight is 280 g/mol. The van der Waals surface area contributed by atoms with Gasteiger partial charge in [0, 0.05) is 7.05 Å². The molecule has 4 heteroatoms. The number of carbonyl (C=O) groups excluding carboxylic acids is 1. The summed E-state index contributed by atoms with van der Waals surface area (Å²) in [6, 6.07) is 7.94. The number of imidazole rings is 1. The van der Waals surface area contributed by atoms with Crippen molar-refractivity contribution in [2.75, 3.05) is 5.75 Å². The molecule has 0 radical (unpaired) electrons. The molecule has 1 heterocycles. The highest BCUT2D eigenvalue weighted by Gasteiger charge is 2.06. The second-order valence-corrected chi connectivity index (χ2v) is 4.61. The van der Waals surface area contributed by atoms with E-state index in [1.165, 1.54) is 18.2 Å². The van der Waals surface area contributed by atoms with Gasteiger partial charge >= 0.3 is 0 Å². The highest BCUT2D eigenvalue weighted by molar-refractivity contribution is 7.99. The van der Waals surface area contributed by atoms with Gasteiger partial charge in [-0.25, -0.2) is 4.98 Å². The SMILES string of the molecule is CC.CCC.Cn1c(SCC=O)nc2ccccc21. The molecule has 0 N–H and O–H groups in total. The van der Waals surface area contributed by atoms with E-state index in [0.717, 1.165) is 22.5 Å². The molecule has 0 unspecified atom stereocenters. The van der Waals surface area contributed by atoms with E-state index in [2.05, 4.69) is 18.8 Å². The minimum atomic E-state index is 0.456. The van der Waals surface area contributed by atoms with Gasteiger partial charge in [0.05, 0.1) is 16.8 Å². The van der Waals surface area contributed by atoms with Crippen LogP contribution in [0.25, 0.3) is 11.0 Å². The Balaban J connectivity index is 0.000000573. The maximum atomic E-state index is 10.2. The van der Waals surface area contributed by atoms with Crippen molar-refractivity contribution >= 4 is 29.1 Å². The normalized spacial score (nSPS) is 9.11. The van der Waals surface area contributed by atoms with Crippen LogP contribution in [0.1, 0.15) is 34.1 Å². The minimum Gasteiger partial charge on any atom is -0.322 e. The molecular weight excluding hydrogens is 256 g/mol. The van der Waals surface area contributed by atoms with E-state index in [1.807, 2.05) is 49.7 Å². The van der Waals surface area contributed by atoms with Crippen molar-refractivity contribution in [1.29, 1.82) is 0 Å². The summed E-state index contributed by atoms with van der Waals surface area (Å²) in [4.78, 5) is 14.7. The molecule has 0 aliphatic rings. The van der Waals surface area contributed by atoms with E-state index in [-0.39, 0.29) is 0 Å². The Kier molecular flexibility index (Phi) is 9.90. The molecule has 0 fully saturated rings. The largest absolute Gasteiger partial charge is 0.322 e. The molecule has 0 spiro atoms. The average Bonchev–Trinajstić information content (AvgIpc) is 2.77. The number of carbonyl (C=O) groups is 1. The topological polar surface area (TPSA) is 34.9 Å². The highest BCUT2D eigenvalue weighted by atomic mass is 32.2. The van der Waals surface area contributed by atoms with Crippen LogP contribution < -0.4 is 0 Å². The number of aldehydes is 1. The van der Waals surface area contributed by atoms with E-state index in [0.29, 0.717) is 5.75 Å². The predicted molar refractivity (Wildman–Crippen MR) is 84.8 cm³/mol. The van der Waals surface area contributed by atoms with Gasteiger partial charge < -0.3 is 9.36 Å². The molecule has 2 rings (SSSR count). The van der Waals surface area contributed by atoms with Gasteiger partial charge in [0.15, 0.2) is 5.16 Å². The monoisotopic (exact) mass is 280 g/mol. The summed E-state index contributed by atoms with van der Waals surface area (Å²) in [7, 11) is 1.96. The second kappa shape index (κ2) is 10.6. The van der Waals surface area contributed by atoms with E-state index in [9.17, 15) is 4.79 Å². The number of hydrogen-bond acceptors (Lipinski definition) is 3. The number of rotatable bonds is 3. The number of fused-ring (bicyclic) bond motifs is 1. The Morgan fingerprint density at radius 2 is 1.84 bits per heavy atom. The zero-order chi connectivity index (χ0) is 14.7. The number of aryl methyl sites for hydroxylation is 1. The molecule has 0 amide bonds. The van der Waals surface area contributed by atoms with Crippen LogP contribution in [-0.2, 0) is 11.8 Å². The number of thioether (sulfide) groups is 1. The van der Waals surface area contributed by atoms with Crippen LogP contribution >= 0.6 is 11.8 Å². The van der Waals surface area contributed by atoms with E-state index < -0.39 is 0 Å². The number of nitrogens with zero attached hydrogens (tertiary/aromatic N) is 2. The van der Waals surface area contributed by atoms with Gasteiger partial charge in [0.25, 0.3) is 0 Å². The van der Waals surface area contributed by atoms with Gasteiger partial charge in [-0.3, -0.25) is 0 Å². The van der Waals surface area contributed by atoms with Gasteiger partial charge in [-0.2, -0.15) is 0 Å². The van der Waals surface area contributed by atoms with Crippen LogP contribution in [0.15, 0.2) is 29.4 Å². The third kappa shape index (κ3) is 5.47. The Hall–Kier alpha value is -1.29. The van der Waals surface area contributed by atoms with Gasteiger partial charge in [0.2, 0.25) is 0 Å². The highest BCUT2D eigenvalue weighted by Crippen LogP contribution is 2.21. The third-order valence-corrected chi connectivity index (χ3v) is 2.95. The Bertz CT molecular complexity index is 480. The number of hydrogen-bond donors (Lipinski definition) is 0. The van der Waals surface area contributed by atoms with Crippen molar-refractivity contribution < 1.29 is 4.79 Å². The smallest absolute Gasteiger partial charge is 0.169 e. The van der Waals surface area contributed by atoms with Crippen LogP contribution in [0.3, 0.4) is 0 Å². The van der Waals surface area contributed by atoms with E-state index in [4.69, 9.17) is 0 Å². The fraction of sp³-hybridized carbons (Fsp3) is 0.467. The lowest BCUT2D eigenvalue weighted by Crippen LogP contribution is -1.91. The zero-order valence-corrected chi connectivity index (χ0v) is 13.3. The van der Waals surface area contributed by atoms with Crippen molar-refractivity contribution in [3.63, 3.8) is 0 Å². The van der Waals surface area contributed by atoms with Crippen molar-refractivity contribution in [2.45, 2.75) is 39.3 Å². The summed E-state index contributed by atoms with van der Waals surface area (Å²) >= 11 is 1.46. The van der Waals surface area contributed by atoms with Gasteiger partial charge in [0.1, 0.15) is 6.29 Å². The fourth-order valence-corrected chi connectivity index (χ4v) is 2.03. The van der Waals surface area contributed by atoms with Crippen molar-refractivity contribution in [3.8, 4) is 0 Å². The molecule has 0 aliphatic carbocycles. The molecule has 0 saturated heterocycles. The molecule has 1 aromatic heterocycles. The van der Waals surface area contributed by atoms with Crippen LogP contribution in [-0.4, -0.2) is 21.6 Å². The maximum absolute atomic E-state index is 10.2. The Morgan fingerprint density at radius 1 is 1.26 bits per heavy atom. The summed E-state index contributed by atoms with van der Waals surface area (Å²) in [5.41, 5.74) is 2.07. The van der Waals surface area contributed by atoms with Crippen molar-refractivity contribution in [3.05, 3.63) is 24.3 Å². The van der Waals surface area contributed by atoms with Crippen LogP contribution in [0.2, 0.25) is 0 Å². The molecular formula is C15H24N2OS. The molecule has 1 aromatic carbocycles. The third-order valence-electron chi connectivity index (χ3n) is 2.03. The van der Waals surface area contributed by atoms with Crippen LogP contribution in [0.4, 0.5) is 0 Å². The fourth-order valence-electron chi connectivity index (χ4n) is 1.36. The first-order valence-corrected chi connectivity index (χ1v) is 7.71. The zero-order valence-electron chi connectivity index (χ0n) is 12.5. The van der Waals surface area contributed by atoms with Crippen molar-refractivity contribution in [1.82, 2.24) is 9.55 Å². The molecule has 106 valence electrons. The summed E-state index contributed by atoms with van der Waals surface area (Å²) in [5.74, 6) is 0.456. The first kappa shape index (κ1) is 17.7. The lowest BCUT2D eigenvalue weighted by atomic mass is 10.3. The number of para-hydroxylation sites is 2. The molecule has 0 saturated carbocycles. The predicted octanol–water partition coefficient (Wildman–Crippen LogP) is 4.31. The standard InChI is InChI=1S/C10H10N2OS.C3H8.C2H6/c1-12-9-5-3-2-4-8(9)11-10(12)14-7-6-13;1-3-2;1-2/h2-6H,7H2,1H3;3H2,1-2H3;1-2H3. The second-order valence-electron chi connectivity index (χ2n) is 3.63. The first-order chi connectivity index (χ1) is 9.24. The van der Waals surface area contributed by atoms with Crippen molar-refractivity contribution in [2.24, 2.45) is 7.05 Å². The number of benzene rings is 1. The summed E-state index contributed by atoms with van der Waals surface area (Å²) in [5, 5.41) is 0.887. The first-order valence-electron chi connectivity index (χ1n) is 6.72. The lowest BCUT2D eigenvalue weighted by Gasteiger charge is -1.97. The molecule has 19 heavy (non-hydrogen) atoms. The van der Waals surface area contributed by atoms with E-state index >= 15 is 0 Å². The van der Waals surface area contributed by atoms with Gasteiger partial charge in [-0.1, -0.05) is 58.0 Å². The summed E-state index contributed by atoms with van der Waals surface area (Å²) < 4.78 is 2.00. The van der Waals surface area contributed by atoms with Gasteiger partial charge in [-0.05, 0) is 12.1 Å². The van der Waals surface area contributed by atoms with Gasteiger partial charge in [-0.15, -0.1) is 0 Å². The quantitative estimate of drug-likeness (QED) is 0.621. The molecule has 0 atom stereocenters. The Morgan fingerprint density at radius 3 is 2.37 bits per heavy atom. The molecule has 0 bridgehead atoms. The molecule has 2 aromatic rings. The number of aromatic nitrogens is 2. The molecule has 0 aliphatic heterocycles. The minimum absolute atomic E-state index is 0.456. The lowest BCUT2D eigenvalue weighted by molar-refractivity contribution is -0.105. The van der Waals surface area contributed by atoms with Crippen LogP contribution in [0.5, 0.6) is 0 Å². The Labute approximate surface area is 120 Å². The maximum Gasteiger partial charge on any atom is 0.169 e. The summed E-state index contributed by atoms with van der Waals surface area (Å²) in [6.07, 6.45) is 2.14. The van der Waals surface area contributed by atoms with Crippen LogP contribution in [0, 0.1) is 0 Å².